The molecule has 6 heteroatoms. The quantitative estimate of drug-likeness (QED) is 0.426. The molecular weight excluding hydrogens is 412 g/mol. The number of benzene rings is 2. The third kappa shape index (κ3) is 6.99. The van der Waals surface area contributed by atoms with E-state index in [9.17, 15) is 4.79 Å². The minimum Gasteiger partial charge on any atom is -0.460 e. The van der Waals surface area contributed by atoms with Gasteiger partial charge in [-0.2, -0.15) is 0 Å². The molecule has 0 spiro atoms. The molecule has 0 bridgehead atoms. The van der Waals surface area contributed by atoms with Gasteiger partial charge in [-0.25, -0.2) is 4.68 Å². The molecule has 0 amide bonds. The molecule has 1 saturated carbocycles. The van der Waals surface area contributed by atoms with Crippen LogP contribution in [0.4, 0.5) is 0 Å². The predicted octanol–water partition coefficient (Wildman–Crippen LogP) is 4.61. The Labute approximate surface area is 196 Å². The third-order valence-corrected chi connectivity index (χ3v) is 6.32. The first-order chi connectivity index (χ1) is 16.2. The zero-order valence-corrected chi connectivity index (χ0v) is 19.5. The van der Waals surface area contributed by atoms with Crippen LogP contribution in [-0.4, -0.2) is 45.6 Å². The smallest absolute Gasteiger partial charge is 0.310 e. The zero-order chi connectivity index (χ0) is 22.9. The number of aryl methyl sites for hydroxylation is 1. The van der Waals surface area contributed by atoms with Crippen molar-refractivity contribution in [3.05, 3.63) is 83.7 Å². The predicted molar refractivity (Wildman–Crippen MR) is 129 cm³/mol. The summed E-state index contributed by atoms with van der Waals surface area (Å²) in [6.07, 6.45) is 8.40. The third-order valence-electron chi connectivity index (χ3n) is 6.32. The number of aromatic nitrogens is 3. The standard InChI is InChI=1S/C27H34N4O2/c1-30(18-10-15-22-11-4-2-5-12-22)20-24-21-31(29-28-24)25-16-8-9-17-26(25)33-27(32)19-23-13-6-3-7-14-23/h2-7,11-14,21,25-26H,8-10,15-20H2,1H3/t25-,26-/m1/s1. The molecule has 0 N–H and O–H groups in total. The second-order valence-corrected chi connectivity index (χ2v) is 9.06. The van der Waals surface area contributed by atoms with Crippen LogP contribution in [-0.2, 0) is 28.9 Å². The second-order valence-electron chi connectivity index (χ2n) is 9.06. The summed E-state index contributed by atoms with van der Waals surface area (Å²) in [5.74, 6) is -0.170. The Kier molecular flexibility index (Phi) is 8.25. The van der Waals surface area contributed by atoms with Crippen molar-refractivity contribution in [2.24, 2.45) is 0 Å². The molecule has 2 atom stereocenters. The molecular formula is C27H34N4O2. The lowest BCUT2D eigenvalue weighted by atomic mass is 9.92. The van der Waals surface area contributed by atoms with E-state index in [0.717, 1.165) is 62.9 Å². The van der Waals surface area contributed by atoms with Crippen LogP contribution in [0.2, 0.25) is 0 Å². The molecule has 1 aromatic heterocycles. The van der Waals surface area contributed by atoms with Crippen molar-refractivity contribution in [3.63, 3.8) is 0 Å². The molecule has 33 heavy (non-hydrogen) atoms. The van der Waals surface area contributed by atoms with E-state index in [1.54, 1.807) is 0 Å². The first-order valence-electron chi connectivity index (χ1n) is 12.0. The van der Waals surface area contributed by atoms with Gasteiger partial charge in [-0.15, -0.1) is 5.10 Å². The number of rotatable bonds is 10. The summed E-state index contributed by atoms with van der Waals surface area (Å²) in [6.45, 7) is 1.77. The van der Waals surface area contributed by atoms with Gasteiger partial charge in [0.2, 0.25) is 0 Å². The van der Waals surface area contributed by atoms with Gasteiger partial charge in [-0.05, 0) is 56.8 Å². The highest BCUT2D eigenvalue weighted by Gasteiger charge is 2.30. The van der Waals surface area contributed by atoms with Gasteiger partial charge in [0.05, 0.1) is 24.4 Å². The van der Waals surface area contributed by atoms with Gasteiger partial charge >= 0.3 is 5.97 Å². The number of nitrogens with zero attached hydrogens (tertiary/aromatic N) is 4. The molecule has 4 rings (SSSR count). The van der Waals surface area contributed by atoms with Crippen LogP contribution in [0.3, 0.4) is 0 Å². The minimum absolute atomic E-state index is 0.0584. The van der Waals surface area contributed by atoms with Crippen LogP contribution in [0.15, 0.2) is 66.9 Å². The summed E-state index contributed by atoms with van der Waals surface area (Å²) in [5.41, 5.74) is 3.31. The van der Waals surface area contributed by atoms with E-state index in [1.807, 2.05) is 41.2 Å². The number of esters is 1. The van der Waals surface area contributed by atoms with Crippen molar-refractivity contribution in [1.29, 1.82) is 0 Å². The maximum Gasteiger partial charge on any atom is 0.310 e. The Hall–Kier alpha value is -2.99. The molecule has 2 aromatic carbocycles. The molecule has 3 aromatic rings. The Morgan fingerprint density at radius 2 is 1.73 bits per heavy atom. The van der Waals surface area contributed by atoms with Crippen LogP contribution >= 0.6 is 0 Å². The molecule has 0 radical (unpaired) electrons. The van der Waals surface area contributed by atoms with E-state index >= 15 is 0 Å². The lowest BCUT2D eigenvalue weighted by molar-refractivity contribution is -0.152. The molecule has 1 aliphatic carbocycles. The van der Waals surface area contributed by atoms with Crippen molar-refractivity contribution < 1.29 is 9.53 Å². The van der Waals surface area contributed by atoms with Gasteiger partial charge in [0.1, 0.15) is 6.10 Å². The van der Waals surface area contributed by atoms with E-state index in [-0.39, 0.29) is 18.1 Å². The van der Waals surface area contributed by atoms with Crippen molar-refractivity contribution in [1.82, 2.24) is 19.9 Å². The van der Waals surface area contributed by atoms with Crippen LogP contribution in [0.5, 0.6) is 0 Å². The van der Waals surface area contributed by atoms with Gasteiger partial charge in [-0.1, -0.05) is 72.3 Å². The van der Waals surface area contributed by atoms with Crippen molar-refractivity contribution in [2.45, 2.75) is 63.6 Å². The van der Waals surface area contributed by atoms with E-state index in [0.29, 0.717) is 6.42 Å². The van der Waals surface area contributed by atoms with Gasteiger partial charge in [-0.3, -0.25) is 4.79 Å². The van der Waals surface area contributed by atoms with Crippen molar-refractivity contribution in [2.75, 3.05) is 13.6 Å². The molecule has 0 unspecified atom stereocenters. The summed E-state index contributed by atoms with van der Waals surface area (Å²) in [4.78, 5) is 14.8. The average molecular weight is 447 g/mol. The number of carbonyl (C=O) groups excluding carboxylic acids is 1. The maximum atomic E-state index is 12.5. The summed E-state index contributed by atoms with van der Waals surface area (Å²) >= 11 is 0. The van der Waals surface area contributed by atoms with E-state index in [4.69, 9.17) is 4.74 Å². The normalized spacial score (nSPS) is 18.4. The molecule has 6 nitrogen and oxygen atoms in total. The molecule has 1 aliphatic rings. The molecule has 0 aliphatic heterocycles. The maximum absolute atomic E-state index is 12.5. The summed E-state index contributed by atoms with van der Waals surface area (Å²) < 4.78 is 7.83. The van der Waals surface area contributed by atoms with Crippen LogP contribution < -0.4 is 0 Å². The zero-order valence-electron chi connectivity index (χ0n) is 19.5. The summed E-state index contributed by atoms with van der Waals surface area (Å²) in [5, 5.41) is 8.82. The topological polar surface area (TPSA) is 60.2 Å². The van der Waals surface area contributed by atoms with Crippen LogP contribution in [0, 0.1) is 0 Å². The lowest BCUT2D eigenvalue weighted by Crippen LogP contribution is -2.33. The first kappa shape index (κ1) is 23.2. The monoisotopic (exact) mass is 446 g/mol. The Balaban J connectivity index is 1.28. The van der Waals surface area contributed by atoms with Gasteiger partial charge in [0.15, 0.2) is 0 Å². The average Bonchev–Trinajstić information content (AvgIpc) is 3.29. The first-order valence-corrected chi connectivity index (χ1v) is 12.0. The summed E-state index contributed by atoms with van der Waals surface area (Å²) in [7, 11) is 2.12. The van der Waals surface area contributed by atoms with Crippen molar-refractivity contribution in [3.8, 4) is 0 Å². The van der Waals surface area contributed by atoms with E-state index in [1.165, 1.54) is 5.56 Å². The minimum atomic E-state index is -0.170. The van der Waals surface area contributed by atoms with Crippen LogP contribution in [0.1, 0.15) is 55.0 Å². The fourth-order valence-electron chi connectivity index (χ4n) is 4.59. The van der Waals surface area contributed by atoms with Crippen molar-refractivity contribution >= 4 is 5.97 Å². The number of hydrogen-bond acceptors (Lipinski definition) is 5. The Morgan fingerprint density at radius 3 is 2.48 bits per heavy atom. The van der Waals surface area contributed by atoms with Gasteiger partial charge in [0, 0.05) is 6.54 Å². The highest BCUT2D eigenvalue weighted by Crippen LogP contribution is 2.31. The highest BCUT2D eigenvalue weighted by molar-refractivity contribution is 5.72. The SMILES string of the molecule is CN(CCCc1ccccc1)Cc1cn([C@@H]2CCCC[C@H]2OC(=O)Cc2ccccc2)nn1. The fourth-order valence-corrected chi connectivity index (χ4v) is 4.59. The van der Waals surface area contributed by atoms with Gasteiger partial charge in [0.25, 0.3) is 0 Å². The van der Waals surface area contributed by atoms with E-state index in [2.05, 4.69) is 52.6 Å². The number of carbonyl (C=O) groups is 1. The van der Waals surface area contributed by atoms with Crippen LogP contribution in [0.25, 0.3) is 0 Å². The molecule has 174 valence electrons. The highest BCUT2D eigenvalue weighted by atomic mass is 16.5. The largest absolute Gasteiger partial charge is 0.460 e. The Morgan fingerprint density at radius 1 is 1.03 bits per heavy atom. The lowest BCUT2D eigenvalue weighted by Gasteiger charge is -2.30. The summed E-state index contributed by atoms with van der Waals surface area (Å²) in [6, 6.07) is 20.4. The molecule has 1 fully saturated rings. The van der Waals surface area contributed by atoms with Gasteiger partial charge < -0.3 is 9.64 Å². The number of ether oxygens (including phenoxy) is 1. The molecule has 1 heterocycles. The molecule has 0 saturated heterocycles. The second kappa shape index (κ2) is 11.8. The van der Waals surface area contributed by atoms with E-state index < -0.39 is 0 Å². The fraction of sp³-hybridized carbons (Fsp3) is 0.444. The number of hydrogen-bond donors (Lipinski definition) is 0. The Bertz CT molecular complexity index is 990.